The van der Waals surface area contributed by atoms with Gasteiger partial charge in [-0.1, -0.05) is 0 Å². The Balaban J connectivity index is 0.00000308. The van der Waals surface area contributed by atoms with E-state index in [1.54, 1.807) is 24.5 Å². The Morgan fingerprint density at radius 3 is 2.67 bits per heavy atom. The van der Waals surface area contributed by atoms with Crippen LogP contribution in [0.3, 0.4) is 0 Å². The summed E-state index contributed by atoms with van der Waals surface area (Å²) in [5.74, 6) is 0.570. The number of carboxylic acid groups (broad SMARTS) is 1. The van der Waals surface area contributed by atoms with Crippen molar-refractivity contribution in [3.05, 3.63) is 48.0 Å². The van der Waals surface area contributed by atoms with Gasteiger partial charge < -0.3 is 25.1 Å². The van der Waals surface area contributed by atoms with Crippen molar-refractivity contribution in [2.75, 3.05) is 61.3 Å². The molecule has 5 heterocycles. The van der Waals surface area contributed by atoms with Crippen molar-refractivity contribution >= 4 is 41.7 Å². The Kier molecular flexibility index (Phi) is 7.53. The van der Waals surface area contributed by atoms with E-state index in [0.29, 0.717) is 29.2 Å². The molecule has 0 spiro atoms. The Morgan fingerprint density at radius 1 is 1.10 bits per heavy atom. The number of fused-ring (bicyclic) bond motifs is 1. The van der Waals surface area contributed by atoms with E-state index in [4.69, 9.17) is 10.2 Å². The number of furan rings is 1. The summed E-state index contributed by atoms with van der Waals surface area (Å²) in [6.07, 6.45) is 3.70. The minimum absolute atomic E-state index is 0. The molecule has 3 aromatic heterocycles. The van der Waals surface area contributed by atoms with E-state index in [1.165, 1.54) is 16.6 Å². The number of anilines is 3. The van der Waals surface area contributed by atoms with E-state index in [2.05, 4.69) is 34.8 Å². The maximum atomic E-state index is 13.8. The number of nitrogen functional groups attached to an aromatic ring is 1. The normalized spacial score (nSPS) is 18.3. The van der Waals surface area contributed by atoms with Crippen LogP contribution in [0, 0.1) is 11.7 Å². The molecule has 3 N–H and O–H groups in total. The average Bonchev–Trinajstić information content (AvgIpc) is 3.60. The number of rotatable bonds is 6. The van der Waals surface area contributed by atoms with Crippen molar-refractivity contribution in [1.29, 1.82) is 0 Å². The van der Waals surface area contributed by atoms with Gasteiger partial charge in [0.25, 0.3) is 5.78 Å². The summed E-state index contributed by atoms with van der Waals surface area (Å²) in [6, 6.07) is 7.84. The smallest absolute Gasteiger partial charge is 0.338 e. The number of nitrogens with zero attached hydrogens (tertiary/aromatic N) is 8. The lowest BCUT2D eigenvalue weighted by Crippen LogP contribution is -2.50. The first kappa shape index (κ1) is 26.6. The number of piperidine rings is 1. The first-order chi connectivity index (χ1) is 18.4. The number of carboxylic acids is 1. The van der Waals surface area contributed by atoms with E-state index in [-0.39, 0.29) is 23.9 Å². The zero-order valence-corrected chi connectivity index (χ0v) is 21.9. The molecule has 1 unspecified atom stereocenters. The molecule has 2 aliphatic heterocycles. The lowest BCUT2D eigenvalue weighted by molar-refractivity contribution is 0.0692. The lowest BCUT2D eigenvalue weighted by atomic mass is 9.97. The molecule has 12 nitrogen and oxygen atoms in total. The molecule has 4 aromatic rings. The van der Waals surface area contributed by atoms with Gasteiger partial charge in [0, 0.05) is 51.5 Å². The summed E-state index contributed by atoms with van der Waals surface area (Å²) in [5, 5.41) is 13.6. The quantitative estimate of drug-likeness (QED) is 0.361. The predicted octanol–water partition coefficient (Wildman–Crippen LogP) is 2.66. The molecule has 0 amide bonds. The fourth-order valence-electron chi connectivity index (χ4n) is 5.27. The van der Waals surface area contributed by atoms with Gasteiger partial charge in [-0.25, -0.2) is 9.18 Å². The monoisotopic (exact) mass is 557 g/mol. The number of nitrogens with two attached hydrogens (primary N) is 1. The number of piperazine rings is 1. The molecule has 0 bridgehead atoms. The molecule has 206 valence electrons. The summed E-state index contributed by atoms with van der Waals surface area (Å²) in [4.78, 5) is 31.6. The molecule has 6 rings (SSSR count). The third kappa shape index (κ3) is 5.45. The van der Waals surface area contributed by atoms with Gasteiger partial charge in [0.2, 0.25) is 17.7 Å². The van der Waals surface area contributed by atoms with E-state index in [9.17, 15) is 14.3 Å². The standard InChI is InChI=1S/C25H28FN9O3.ClH/c26-19-6-5-17(13-18(19)22(36)37)33-10-8-32(9-11-33)14-16-3-1-7-34(15-16)24-29-23(27)35-25(30-24)28-21(31-35)20-4-2-12-38-20;/h2,4-6,12-13,16H,1,3,7-11,14-15H2,(H,36,37)(H2,27,28,29,30,31);1H. The summed E-state index contributed by atoms with van der Waals surface area (Å²) < 4.78 is 20.6. The molecule has 39 heavy (non-hydrogen) atoms. The Hall–Kier alpha value is -3.97. The van der Waals surface area contributed by atoms with Crippen LogP contribution in [0.25, 0.3) is 17.4 Å². The number of hydrogen-bond acceptors (Lipinski definition) is 10. The highest BCUT2D eigenvalue weighted by Gasteiger charge is 2.27. The molecule has 0 aliphatic carbocycles. The fourth-order valence-corrected chi connectivity index (χ4v) is 5.27. The van der Waals surface area contributed by atoms with Gasteiger partial charge in [-0.3, -0.25) is 4.90 Å². The predicted molar refractivity (Wildman–Crippen MR) is 145 cm³/mol. The second kappa shape index (κ2) is 11.0. The molecule has 1 atom stereocenters. The van der Waals surface area contributed by atoms with Gasteiger partial charge in [-0.05, 0) is 49.1 Å². The van der Waals surface area contributed by atoms with E-state index >= 15 is 0 Å². The molecule has 2 aliphatic rings. The second-order valence-corrected chi connectivity index (χ2v) is 9.72. The number of halogens is 2. The van der Waals surface area contributed by atoms with E-state index in [1.807, 2.05) is 0 Å². The first-order valence-electron chi connectivity index (χ1n) is 12.6. The molecule has 0 saturated carbocycles. The van der Waals surface area contributed by atoms with Gasteiger partial charge in [-0.2, -0.15) is 19.5 Å². The SMILES string of the molecule is Cl.Nc1nc(N2CCCC(CN3CCN(c4ccc(F)c(C(=O)O)c4)CC3)C2)nc2nc(-c3ccco3)nn12. The van der Waals surface area contributed by atoms with Gasteiger partial charge in [0.15, 0.2) is 5.76 Å². The number of hydrogen-bond donors (Lipinski definition) is 2. The summed E-state index contributed by atoms with van der Waals surface area (Å²) >= 11 is 0. The summed E-state index contributed by atoms with van der Waals surface area (Å²) in [7, 11) is 0. The van der Waals surface area contributed by atoms with Crippen LogP contribution in [0.2, 0.25) is 0 Å². The minimum Gasteiger partial charge on any atom is -0.478 e. The van der Waals surface area contributed by atoms with Crippen molar-refractivity contribution in [1.82, 2.24) is 29.5 Å². The Morgan fingerprint density at radius 2 is 1.92 bits per heavy atom. The highest BCUT2D eigenvalue weighted by molar-refractivity contribution is 5.89. The molecule has 14 heteroatoms. The number of aromatic nitrogens is 5. The Bertz CT molecular complexity index is 1460. The number of benzene rings is 1. The first-order valence-corrected chi connectivity index (χ1v) is 12.6. The second-order valence-electron chi connectivity index (χ2n) is 9.72. The summed E-state index contributed by atoms with van der Waals surface area (Å²) in [5.41, 5.74) is 6.64. The van der Waals surface area contributed by atoms with Gasteiger partial charge in [0.05, 0.1) is 11.8 Å². The van der Waals surface area contributed by atoms with Crippen LogP contribution < -0.4 is 15.5 Å². The Labute approximate surface area is 229 Å². The number of aromatic carboxylic acids is 1. The van der Waals surface area contributed by atoms with Crippen LogP contribution in [-0.4, -0.2) is 86.4 Å². The third-order valence-corrected chi connectivity index (χ3v) is 7.20. The van der Waals surface area contributed by atoms with Crippen LogP contribution in [-0.2, 0) is 0 Å². The molecule has 2 fully saturated rings. The van der Waals surface area contributed by atoms with Crippen molar-refractivity contribution in [3.8, 4) is 11.6 Å². The van der Waals surface area contributed by atoms with E-state index in [0.717, 1.165) is 64.3 Å². The lowest BCUT2D eigenvalue weighted by Gasteiger charge is -2.40. The average molecular weight is 558 g/mol. The van der Waals surface area contributed by atoms with E-state index < -0.39 is 11.8 Å². The third-order valence-electron chi connectivity index (χ3n) is 7.20. The summed E-state index contributed by atoms with van der Waals surface area (Å²) in [6.45, 7) is 5.80. The highest BCUT2D eigenvalue weighted by Crippen LogP contribution is 2.25. The largest absolute Gasteiger partial charge is 0.478 e. The van der Waals surface area contributed by atoms with Crippen molar-refractivity contribution in [2.45, 2.75) is 12.8 Å². The van der Waals surface area contributed by atoms with Crippen molar-refractivity contribution in [3.63, 3.8) is 0 Å². The maximum absolute atomic E-state index is 13.8. The van der Waals surface area contributed by atoms with Crippen LogP contribution >= 0.6 is 12.4 Å². The fraction of sp³-hybridized carbons (Fsp3) is 0.400. The molecule has 2 saturated heterocycles. The van der Waals surface area contributed by atoms with Crippen molar-refractivity contribution in [2.24, 2.45) is 5.92 Å². The van der Waals surface area contributed by atoms with Gasteiger partial charge >= 0.3 is 5.97 Å². The van der Waals surface area contributed by atoms with Crippen LogP contribution in [0.15, 0.2) is 41.0 Å². The topological polar surface area (TPSA) is 142 Å². The van der Waals surface area contributed by atoms with Crippen LogP contribution in [0.1, 0.15) is 23.2 Å². The zero-order chi connectivity index (χ0) is 26.2. The molecule has 0 radical (unpaired) electrons. The maximum Gasteiger partial charge on any atom is 0.338 e. The number of carbonyl (C=O) groups is 1. The van der Waals surface area contributed by atoms with Crippen molar-refractivity contribution < 1.29 is 18.7 Å². The minimum atomic E-state index is -1.25. The molecular formula is C25H29ClFN9O3. The highest BCUT2D eigenvalue weighted by atomic mass is 35.5. The van der Waals surface area contributed by atoms with Crippen LogP contribution in [0.5, 0.6) is 0 Å². The van der Waals surface area contributed by atoms with Gasteiger partial charge in [0.1, 0.15) is 5.82 Å². The zero-order valence-electron chi connectivity index (χ0n) is 21.1. The van der Waals surface area contributed by atoms with Crippen LogP contribution in [0.4, 0.5) is 22.0 Å². The molecular weight excluding hydrogens is 529 g/mol. The van der Waals surface area contributed by atoms with Gasteiger partial charge in [-0.15, -0.1) is 17.5 Å². The molecule has 1 aromatic carbocycles.